The lowest BCUT2D eigenvalue weighted by Crippen LogP contribution is -2.29. The Morgan fingerprint density at radius 2 is 2.06 bits per heavy atom. The van der Waals surface area contributed by atoms with Crippen LogP contribution in [-0.2, 0) is 28.9 Å². The van der Waals surface area contributed by atoms with E-state index in [4.69, 9.17) is 10.5 Å². The third kappa shape index (κ3) is 4.62. The predicted octanol–water partition coefficient (Wildman–Crippen LogP) is 3.35. The molecule has 8 nitrogen and oxygen atoms in total. The fraction of sp³-hybridized carbons (Fsp3) is 0.417. The number of para-hydroxylation sites is 1. The zero-order valence-corrected chi connectivity index (χ0v) is 20.3. The average molecular weight is 499 g/mol. The van der Waals surface area contributed by atoms with Crippen LogP contribution in [0.3, 0.4) is 0 Å². The molecule has 2 aromatic heterocycles. The zero-order valence-electron chi connectivity index (χ0n) is 18.7. The van der Waals surface area contributed by atoms with Gasteiger partial charge in [-0.15, -0.1) is 11.3 Å². The third-order valence-corrected chi connectivity index (χ3v) is 8.42. The Hall–Kier alpha value is -2.69. The molecule has 5 rings (SSSR count). The number of hydrogen-bond acceptors (Lipinski definition) is 7. The van der Waals surface area contributed by atoms with Crippen LogP contribution in [0.25, 0.3) is 10.9 Å². The van der Waals surface area contributed by atoms with Gasteiger partial charge in [0.05, 0.1) is 34.9 Å². The van der Waals surface area contributed by atoms with E-state index in [0.717, 1.165) is 49.0 Å². The summed E-state index contributed by atoms with van der Waals surface area (Å²) in [6.07, 6.45) is 5.63. The lowest BCUT2D eigenvalue weighted by molar-refractivity contribution is -0.113. The highest BCUT2D eigenvalue weighted by molar-refractivity contribution is 7.99. The molecule has 3 N–H and O–H groups in total. The van der Waals surface area contributed by atoms with Gasteiger partial charge in [0.15, 0.2) is 5.16 Å². The van der Waals surface area contributed by atoms with Gasteiger partial charge in [0.1, 0.15) is 5.00 Å². The van der Waals surface area contributed by atoms with Crippen LogP contribution in [0.15, 0.2) is 34.2 Å². The first-order valence-corrected chi connectivity index (χ1v) is 13.3. The van der Waals surface area contributed by atoms with Crippen molar-refractivity contribution >= 4 is 50.8 Å². The SMILES string of the molecule is NC(=O)c1c(NC(=O)CSc2nc3ccccc3c(=O)n2CC2CCCO2)sc2c1CCCC2. The molecule has 1 aliphatic carbocycles. The summed E-state index contributed by atoms with van der Waals surface area (Å²) in [6.45, 7) is 1.10. The standard InChI is InChI=1S/C24H26N4O4S2/c25-21(30)20-16-8-2-4-10-18(16)34-22(20)27-19(29)13-33-24-26-17-9-3-1-7-15(17)23(31)28(24)12-14-6-5-11-32-14/h1,3,7,9,14H,2,4-6,8,10-13H2,(H2,25,30)(H,27,29). The van der Waals surface area contributed by atoms with E-state index < -0.39 is 5.91 Å². The van der Waals surface area contributed by atoms with Crippen molar-refractivity contribution in [1.29, 1.82) is 0 Å². The fourth-order valence-corrected chi connectivity index (χ4v) is 6.74. The van der Waals surface area contributed by atoms with E-state index in [2.05, 4.69) is 10.3 Å². The molecule has 1 unspecified atom stereocenters. The van der Waals surface area contributed by atoms with Crippen molar-refractivity contribution in [3.8, 4) is 0 Å². The van der Waals surface area contributed by atoms with Crippen molar-refractivity contribution in [1.82, 2.24) is 9.55 Å². The highest BCUT2D eigenvalue weighted by atomic mass is 32.2. The number of thiophene rings is 1. The van der Waals surface area contributed by atoms with Crippen LogP contribution in [0.5, 0.6) is 0 Å². The number of anilines is 1. The van der Waals surface area contributed by atoms with Crippen LogP contribution in [0.2, 0.25) is 0 Å². The summed E-state index contributed by atoms with van der Waals surface area (Å²) in [7, 11) is 0. The smallest absolute Gasteiger partial charge is 0.262 e. The number of nitrogens with zero attached hydrogens (tertiary/aromatic N) is 2. The second-order valence-corrected chi connectivity index (χ2v) is 10.6. The Morgan fingerprint density at radius 3 is 2.85 bits per heavy atom. The number of primary amides is 1. The summed E-state index contributed by atoms with van der Waals surface area (Å²) in [5, 5.41) is 4.43. The van der Waals surface area contributed by atoms with Gasteiger partial charge in [-0.1, -0.05) is 23.9 Å². The van der Waals surface area contributed by atoms with Crippen LogP contribution in [0.4, 0.5) is 5.00 Å². The van der Waals surface area contributed by atoms with Gasteiger partial charge in [-0.05, 0) is 56.2 Å². The lowest BCUT2D eigenvalue weighted by atomic mass is 9.95. The highest BCUT2D eigenvalue weighted by Gasteiger charge is 2.25. The number of benzene rings is 1. The molecule has 10 heteroatoms. The van der Waals surface area contributed by atoms with E-state index in [1.165, 1.54) is 23.1 Å². The number of aryl methyl sites for hydroxylation is 1. The maximum absolute atomic E-state index is 13.2. The quantitative estimate of drug-likeness (QED) is 0.381. The summed E-state index contributed by atoms with van der Waals surface area (Å²) < 4.78 is 7.36. The predicted molar refractivity (Wildman–Crippen MR) is 134 cm³/mol. The van der Waals surface area contributed by atoms with Gasteiger partial charge in [0.25, 0.3) is 11.5 Å². The number of amides is 2. The van der Waals surface area contributed by atoms with Crippen molar-refractivity contribution < 1.29 is 14.3 Å². The molecule has 0 spiro atoms. The largest absolute Gasteiger partial charge is 0.376 e. The minimum Gasteiger partial charge on any atom is -0.376 e. The second-order valence-electron chi connectivity index (χ2n) is 8.58. The van der Waals surface area contributed by atoms with Crippen LogP contribution in [-0.4, -0.2) is 39.8 Å². The van der Waals surface area contributed by atoms with Gasteiger partial charge in [-0.2, -0.15) is 0 Å². The Morgan fingerprint density at radius 1 is 1.24 bits per heavy atom. The molecule has 1 atom stereocenters. The van der Waals surface area contributed by atoms with Crippen LogP contribution in [0, 0.1) is 0 Å². The van der Waals surface area contributed by atoms with Gasteiger partial charge < -0.3 is 15.8 Å². The fourth-order valence-electron chi connectivity index (χ4n) is 4.62. The monoisotopic (exact) mass is 498 g/mol. The Bertz CT molecular complexity index is 1310. The number of hydrogen-bond donors (Lipinski definition) is 2. The van der Waals surface area contributed by atoms with Gasteiger partial charge in [0.2, 0.25) is 5.91 Å². The van der Waals surface area contributed by atoms with Gasteiger partial charge in [-0.25, -0.2) is 4.98 Å². The first-order valence-electron chi connectivity index (χ1n) is 11.5. The number of carbonyl (C=O) groups excluding carboxylic acids is 2. The molecule has 178 valence electrons. The molecule has 34 heavy (non-hydrogen) atoms. The number of ether oxygens (including phenoxy) is 1. The number of thioether (sulfide) groups is 1. The number of nitrogens with two attached hydrogens (primary N) is 1. The number of nitrogens with one attached hydrogen (secondary N) is 1. The minimum absolute atomic E-state index is 0.0376. The first kappa shape index (κ1) is 23.1. The van der Waals surface area contributed by atoms with Crippen molar-refractivity contribution in [2.45, 2.75) is 56.3 Å². The van der Waals surface area contributed by atoms with Crippen molar-refractivity contribution in [3.63, 3.8) is 0 Å². The maximum Gasteiger partial charge on any atom is 0.262 e. The molecular weight excluding hydrogens is 472 g/mol. The Kier molecular flexibility index (Phi) is 6.71. The topological polar surface area (TPSA) is 116 Å². The zero-order chi connectivity index (χ0) is 23.7. The van der Waals surface area contributed by atoms with E-state index in [9.17, 15) is 14.4 Å². The maximum atomic E-state index is 13.2. The lowest BCUT2D eigenvalue weighted by Gasteiger charge is -2.16. The number of aromatic nitrogens is 2. The van der Waals surface area contributed by atoms with Crippen molar-refractivity contribution in [2.75, 3.05) is 17.7 Å². The molecule has 1 aliphatic heterocycles. The summed E-state index contributed by atoms with van der Waals surface area (Å²) in [5.74, 6) is -0.724. The third-order valence-electron chi connectivity index (χ3n) is 6.24. The number of rotatable bonds is 7. The van der Waals surface area contributed by atoms with E-state index in [0.29, 0.717) is 39.8 Å². The van der Waals surface area contributed by atoms with E-state index in [-0.39, 0.29) is 23.3 Å². The van der Waals surface area contributed by atoms with E-state index in [1.54, 1.807) is 16.7 Å². The molecule has 0 bridgehead atoms. The normalized spacial score (nSPS) is 17.6. The van der Waals surface area contributed by atoms with E-state index >= 15 is 0 Å². The summed E-state index contributed by atoms with van der Waals surface area (Å²) in [5.41, 5.74) is 7.53. The van der Waals surface area contributed by atoms with Crippen LogP contribution < -0.4 is 16.6 Å². The van der Waals surface area contributed by atoms with Crippen molar-refractivity contribution in [3.05, 3.63) is 50.6 Å². The van der Waals surface area contributed by atoms with Crippen LogP contribution >= 0.6 is 23.1 Å². The summed E-state index contributed by atoms with van der Waals surface area (Å²) in [6, 6.07) is 7.22. The molecular formula is C24H26N4O4S2. The molecule has 3 heterocycles. The molecule has 2 amide bonds. The molecule has 1 saturated heterocycles. The van der Waals surface area contributed by atoms with Gasteiger partial charge in [0, 0.05) is 11.5 Å². The summed E-state index contributed by atoms with van der Waals surface area (Å²) in [4.78, 5) is 44.0. The molecule has 0 radical (unpaired) electrons. The first-order chi connectivity index (χ1) is 16.5. The Labute approximate surface area is 204 Å². The van der Waals surface area contributed by atoms with Gasteiger partial charge in [-0.3, -0.25) is 19.0 Å². The number of carbonyl (C=O) groups is 2. The molecule has 1 aromatic carbocycles. The van der Waals surface area contributed by atoms with Crippen molar-refractivity contribution in [2.24, 2.45) is 5.73 Å². The van der Waals surface area contributed by atoms with Gasteiger partial charge >= 0.3 is 0 Å². The Balaban J connectivity index is 1.37. The molecule has 1 fully saturated rings. The number of fused-ring (bicyclic) bond motifs is 2. The minimum atomic E-state index is -0.510. The summed E-state index contributed by atoms with van der Waals surface area (Å²) >= 11 is 2.65. The molecule has 3 aromatic rings. The highest BCUT2D eigenvalue weighted by Crippen LogP contribution is 2.38. The molecule has 0 saturated carbocycles. The molecule has 2 aliphatic rings. The van der Waals surface area contributed by atoms with E-state index in [1.807, 2.05) is 12.1 Å². The second kappa shape index (κ2) is 9.89. The van der Waals surface area contributed by atoms with Crippen LogP contribution in [0.1, 0.15) is 46.5 Å². The average Bonchev–Trinajstić information content (AvgIpc) is 3.47.